The van der Waals surface area contributed by atoms with Crippen molar-refractivity contribution in [2.24, 2.45) is 0 Å². The van der Waals surface area contributed by atoms with Crippen molar-refractivity contribution >= 4 is 21.3 Å². The van der Waals surface area contributed by atoms with Crippen LogP contribution in [0.15, 0.2) is 47.5 Å². The third-order valence-electron chi connectivity index (χ3n) is 4.24. The van der Waals surface area contributed by atoms with Crippen molar-refractivity contribution in [2.45, 2.75) is 18.0 Å². The molecule has 0 aliphatic carbocycles. The second kappa shape index (κ2) is 8.73. The Kier molecular flexibility index (Phi) is 6.36. The molecule has 174 valence electrons. The number of pyridine rings is 2. The molecule has 7 nitrogen and oxygen atoms in total. The summed E-state index contributed by atoms with van der Waals surface area (Å²) in [6.07, 6.45) is -3.77. The van der Waals surface area contributed by atoms with Crippen molar-refractivity contribution in [1.82, 2.24) is 9.97 Å². The predicted molar refractivity (Wildman–Crippen MR) is 108 cm³/mol. The third kappa shape index (κ3) is 5.42. The van der Waals surface area contributed by atoms with Crippen LogP contribution in [0.4, 0.5) is 27.6 Å². The van der Waals surface area contributed by atoms with E-state index in [4.69, 9.17) is 9.52 Å². The number of anilines is 1. The maximum absolute atomic E-state index is 14.6. The number of hydrogen-bond donors (Lipinski definition) is 2. The van der Waals surface area contributed by atoms with E-state index >= 15 is 0 Å². The molecule has 0 bridgehead atoms. The van der Waals surface area contributed by atoms with Crippen molar-refractivity contribution < 1.29 is 35.7 Å². The maximum atomic E-state index is 14.6. The SMILES string of the molecule is Cc1nc(F)ccc1Oc1c(C(F)(F)F)ncc(F)c1C(=O)Nc1cccc([S@](C)(=N)=O)c1. The Morgan fingerprint density at radius 2 is 1.88 bits per heavy atom. The van der Waals surface area contributed by atoms with Crippen molar-refractivity contribution in [3.63, 3.8) is 0 Å². The summed E-state index contributed by atoms with van der Waals surface area (Å²) in [5.41, 5.74) is -3.00. The molecule has 0 fully saturated rings. The number of hydrogen-bond acceptors (Lipinski definition) is 6. The zero-order valence-electron chi connectivity index (χ0n) is 17.0. The first-order chi connectivity index (χ1) is 15.3. The van der Waals surface area contributed by atoms with Gasteiger partial charge in [-0.25, -0.2) is 23.3 Å². The van der Waals surface area contributed by atoms with Crippen LogP contribution < -0.4 is 10.1 Å². The molecule has 0 aliphatic rings. The number of halogens is 5. The van der Waals surface area contributed by atoms with Crippen molar-refractivity contribution in [1.29, 1.82) is 4.78 Å². The summed E-state index contributed by atoms with van der Waals surface area (Å²) in [5, 5.41) is 2.20. The monoisotopic (exact) mass is 486 g/mol. The molecule has 1 aromatic carbocycles. The summed E-state index contributed by atoms with van der Waals surface area (Å²) >= 11 is 0. The first-order valence-electron chi connectivity index (χ1n) is 8.99. The van der Waals surface area contributed by atoms with E-state index in [1.165, 1.54) is 31.2 Å². The van der Waals surface area contributed by atoms with Gasteiger partial charge in [-0.15, -0.1) is 0 Å². The average Bonchev–Trinajstić information content (AvgIpc) is 2.68. The van der Waals surface area contributed by atoms with Gasteiger partial charge in [0.15, 0.2) is 17.3 Å². The summed E-state index contributed by atoms with van der Waals surface area (Å²) in [7, 11) is -3.16. The van der Waals surface area contributed by atoms with E-state index in [1.54, 1.807) is 0 Å². The predicted octanol–water partition coefficient (Wildman–Crippen LogP) is 5.16. The number of rotatable bonds is 5. The number of alkyl halides is 3. The first-order valence-corrected chi connectivity index (χ1v) is 11.0. The Hall–Kier alpha value is -3.61. The summed E-state index contributed by atoms with van der Waals surface area (Å²) in [5.74, 6) is -5.27. The van der Waals surface area contributed by atoms with E-state index < -0.39 is 50.6 Å². The van der Waals surface area contributed by atoms with Crippen molar-refractivity contribution in [2.75, 3.05) is 11.6 Å². The van der Waals surface area contributed by atoms with E-state index in [0.717, 1.165) is 18.4 Å². The van der Waals surface area contributed by atoms with E-state index in [-0.39, 0.29) is 28.2 Å². The molecule has 0 spiro atoms. The van der Waals surface area contributed by atoms with E-state index in [1.807, 2.05) is 0 Å². The van der Waals surface area contributed by atoms with Gasteiger partial charge >= 0.3 is 6.18 Å². The Labute approximate surface area is 184 Å². The van der Waals surface area contributed by atoms with E-state index in [2.05, 4.69) is 15.3 Å². The number of carbonyl (C=O) groups is 1. The standard InChI is InChI=1S/C20H15F5N4O3S/c1-10-14(6-7-15(22)28-10)32-17-16(13(21)9-27-18(17)20(23,24)25)19(30)29-11-4-3-5-12(8-11)33(2,26)31/h3-9,26H,1-2H3,(H,29,30)/t33-/m1/s1. The molecule has 3 rings (SSSR count). The lowest BCUT2D eigenvalue weighted by Crippen LogP contribution is -2.20. The van der Waals surface area contributed by atoms with Gasteiger partial charge in [-0.05, 0) is 37.3 Å². The fourth-order valence-electron chi connectivity index (χ4n) is 2.73. The molecular weight excluding hydrogens is 471 g/mol. The third-order valence-corrected chi connectivity index (χ3v) is 5.39. The molecule has 2 heterocycles. The van der Waals surface area contributed by atoms with Gasteiger partial charge < -0.3 is 10.1 Å². The van der Waals surface area contributed by atoms with Gasteiger partial charge in [0.25, 0.3) is 5.91 Å². The molecule has 0 aliphatic heterocycles. The lowest BCUT2D eigenvalue weighted by molar-refractivity contribution is -0.142. The minimum Gasteiger partial charge on any atom is -0.452 e. The first kappa shape index (κ1) is 24.0. The molecule has 1 amide bonds. The minimum absolute atomic E-state index is 0.0379. The normalized spacial score (nSPS) is 13.3. The highest BCUT2D eigenvalue weighted by atomic mass is 32.2. The number of nitrogens with one attached hydrogen (secondary N) is 2. The maximum Gasteiger partial charge on any atom is 0.437 e. The fraction of sp³-hybridized carbons (Fsp3) is 0.150. The second-order valence-electron chi connectivity index (χ2n) is 6.80. The molecular formula is C20H15F5N4O3S. The van der Waals surface area contributed by atoms with Gasteiger partial charge in [0.2, 0.25) is 5.95 Å². The van der Waals surface area contributed by atoms with Gasteiger partial charge in [0.1, 0.15) is 11.3 Å². The van der Waals surface area contributed by atoms with Gasteiger partial charge in [-0.3, -0.25) is 4.79 Å². The molecule has 2 aromatic heterocycles. The van der Waals surface area contributed by atoms with Crippen LogP contribution >= 0.6 is 0 Å². The summed E-state index contributed by atoms with van der Waals surface area (Å²) in [4.78, 5) is 19.3. The highest BCUT2D eigenvalue weighted by Gasteiger charge is 2.40. The van der Waals surface area contributed by atoms with Crippen LogP contribution in [0.5, 0.6) is 11.5 Å². The lowest BCUT2D eigenvalue weighted by Gasteiger charge is -2.18. The largest absolute Gasteiger partial charge is 0.452 e. The zero-order valence-corrected chi connectivity index (χ0v) is 17.8. The minimum atomic E-state index is -5.13. The number of carbonyl (C=O) groups excluding carboxylic acids is 1. The molecule has 3 aromatic rings. The Bertz CT molecular complexity index is 1340. The van der Waals surface area contributed by atoms with E-state index in [9.17, 15) is 31.0 Å². The number of aryl methyl sites for hydroxylation is 1. The molecule has 0 radical (unpaired) electrons. The number of nitrogens with zero attached hydrogens (tertiary/aromatic N) is 2. The number of amides is 1. The van der Waals surface area contributed by atoms with Crippen LogP contribution in [0.25, 0.3) is 0 Å². The number of benzene rings is 1. The van der Waals surface area contributed by atoms with Crippen LogP contribution in [0.1, 0.15) is 21.7 Å². The highest BCUT2D eigenvalue weighted by molar-refractivity contribution is 7.91. The fourth-order valence-corrected chi connectivity index (χ4v) is 3.42. The molecule has 13 heteroatoms. The Morgan fingerprint density at radius 3 is 2.48 bits per heavy atom. The van der Waals surface area contributed by atoms with Crippen LogP contribution in [0, 0.1) is 23.5 Å². The summed E-state index contributed by atoms with van der Waals surface area (Å²) in [6.45, 7) is 1.24. The highest BCUT2D eigenvalue weighted by Crippen LogP contribution is 2.40. The van der Waals surface area contributed by atoms with Gasteiger partial charge in [-0.1, -0.05) is 6.07 Å². The zero-order chi connectivity index (χ0) is 24.6. The van der Waals surface area contributed by atoms with Crippen molar-refractivity contribution in [3.05, 3.63) is 71.3 Å². The van der Waals surface area contributed by atoms with Crippen molar-refractivity contribution in [3.8, 4) is 11.5 Å². The van der Waals surface area contributed by atoms with Crippen LogP contribution in [0.3, 0.4) is 0 Å². The quantitative estimate of drug-likeness (QED) is 0.383. The Morgan fingerprint density at radius 1 is 1.18 bits per heavy atom. The van der Waals surface area contributed by atoms with Crippen LogP contribution in [0.2, 0.25) is 0 Å². The number of ether oxygens (including phenoxy) is 1. The molecule has 0 unspecified atom stereocenters. The average molecular weight is 486 g/mol. The molecule has 2 N–H and O–H groups in total. The molecule has 0 saturated carbocycles. The Balaban J connectivity index is 2.11. The van der Waals surface area contributed by atoms with E-state index in [0.29, 0.717) is 0 Å². The lowest BCUT2D eigenvalue weighted by atomic mass is 10.1. The van der Waals surface area contributed by atoms with Gasteiger partial charge in [-0.2, -0.15) is 17.6 Å². The van der Waals surface area contributed by atoms with Crippen LogP contribution in [-0.2, 0) is 15.9 Å². The van der Waals surface area contributed by atoms with Crippen LogP contribution in [-0.4, -0.2) is 26.3 Å². The van der Waals surface area contributed by atoms with Gasteiger partial charge in [0, 0.05) is 16.8 Å². The summed E-state index contributed by atoms with van der Waals surface area (Å²) < 4.78 is 93.3. The molecule has 33 heavy (non-hydrogen) atoms. The second-order valence-corrected chi connectivity index (χ2v) is 8.96. The topological polar surface area (TPSA) is 105 Å². The number of aromatic nitrogens is 2. The molecule has 0 saturated heterocycles. The summed E-state index contributed by atoms with van der Waals surface area (Å²) in [6, 6.07) is 6.99. The molecule has 1 atom stereocenters. The van der Waals surface area contributed by atoms with Gasteiger partial charge in [0.05, 0.1) is 21.6 Å². The smallest absolute Gasteiger partial charge is 0.437 e.